The Morgan fingerprint density at radius 2 is 2.07 bits per heavy atom. The summed E-state index contributed by atoms with van der Waals surface area (Å²) < 4.78 is 42.8. The van der Waals surface area contributed by atoms with Gasteiger partial charge in [-0.1, -0.05) is 29.7 Å². The van der Waals surface area contributed by atoms with E-state index in [0.29, 0.717) is 16.5 Å². The molecule has 222 valence electrons. The van der Waals surface area contributed by atoms with Crippen LogP contribution in [0.25, 0.3) is 10.9 Å². The number of aromatic nitrogens is 2. The van der Waals surface area contributed by atoms with Gasteiger partial charge in [-0.3, -0.25) is 19.1 Å². The summed E-state index contributed by atoms with van der Waals surface area (Å²) in [7, 11) is 0. The second-order valence-electron chi connectivity index (χ2n) is 9.50. The SMILES string of the molecule is C=N/C(C#Cc1ccc2c(c1)c(C(N)=O)nn2CC(=O)N1C[C@H](F)C[C@H]1C(=O)NCc1cccc(Cl)c1F)=N\C=C(/C)F. The van der Waals surface area contributed by atoms with Gasteiger partial charge in [-0.05, 0) is 43.8 Å². The molecule has 3 aromatic rings. The number of halogens is 4. The fourth-order valence-electron chi connectivity index (χ4n) is 4.46. The molecule has 10 nitrogen and oxygen atoms in total. The molecule has 0 aliphatic carbocycles. The van der Waals surface area contributed by atoms with Gasteiger partial charge in [-0.25, -0.2) is 23.2 Å². The zero-order valence-electron chi connectivity index (χ0n) is 22.8. The Morgan fingerprint density at radius 1 is 1.30 bits per heavy atom. The van der Waals surface area contributed by atoms with Crippen LogP contribution in [0.15, 0.2) is 58.4 Å². The molecule has 43 heavy (non-hydrogen) atoms. The molecule has 1 aliphatic heterocycles. The summed E-state index contributed by atoms with van der Waals surface area (Å²) in [5.74, 6) is 1.98. The van der Waals surface area contributed by atoms with Gasteiger partial charge in [-0.15, -0.1) is 0 Å². The fraction of sp³-hybridized carbons (Fsp3) is 0.241. The van der Waals surface area contributed by atoms with Crippen LogP contribution in [0.2, 0.25) is 5.02 Å². The van der Waals surface area contributed by atoms with E-state index >= 15 is 0 Å². The average molecular weight is 612 g/mol. The van der Waals surface area contributed by atoms with Crippen LogP contribution < -0.4 is 11.1 Å². The highest BCUT2D eigenvalue weighted by molar-refractivity contribution is 6.30. The maximum absolute atomic E-state index is 14.4. The minimum absolute atomic E-state index is 0.0402. The first-order valence-electron chi connectivity index (χ1n) is 12.8. The Labute approximate surface area is 249 Å². The molecule has 2 heterocycles. The highest BCUT2D eigenvalue weighted by atomic mass is 35.5. The predicted molar refractivity (Wildman–Crippen MR) is 155 cm³/mol. The number of benzene rings is 2. The molecule has 2 aromatic carbocycles. The second-order valence-corrected chi connectivity index (χ2v) is 9.91. The van der Waals surface area contributed by atoms with E-state index in [1.54, 1.807) is 12.1 Å². The summed E-state index contributed by atoms with van der Waals surface area (Å²) in [5.41, 5.74) is 6.28. The number of carbonyl (C=O) groups is 3. The van der Waals surface area contributed by atoms with Crippen molar-refractivity contribution in [2.24, 2.45) is 15.7 Å². The number of amidine groups is 1. The first-order valence-corrected chi connectivity index (χ1v) is 13.2. The van der Waals surface area contributed by atoms with E-state index in [9.17, 15) is 27.6 Å². The van der Waals surface area contributed by atoms with Crippen molar-refractivity contribution in [3.8, 4) is 11.8 Å². The van der Waals surface area contributed by atoms with Crippen molar-refractivity contribution in [2.75, 3.05) is 6.54 Å². The van der Waals surface area contributed by atoms with Gasteiger partial charge < -0.3 is 16.0 Å². The Kier molecular flexibility index (Phi) is 9.62. The van der Waals surface area contributed by atoms with Crippen molar-refractivity contribution < 1.29 is 27.6 Å². The van der Waals surface area contributed by atoms with Gasteiger partial charge in [0.05, 0.1) is 23.3 Å². The van der Waals surface area contributed by atoms with E-state index in [1.807, 2.05) is 0 Å². The van der Waals surface area contributed by atoms with Gasteiger partial charge in [0.1, 0.15) is 30.4 Å². The van der Waals surface area contributed by atoms with E-state index in [4.69, 9.17) is 17.3 Å². The van der Waals surface area contributed by atoms with Crippen molar-refractivity contribution in [2.45, 2.75) is 38.6 Å². The first kappa shape index (κ1) is 31.0. The Bertz CT molecular complexity index is 1740. The first-order chi connectivity index (χ1) is 20.5. The normalized spacial score (nSPS) is 17.0. The van der Waals surface area contributed by atoms with Crippen LogP contribution in [0.4, 0.5) is 13.2 Å². The van der Waals surface area contributed by atoms with Crippen LogP contribution in [0.5, 0.6) is 0 Å². The summed E-state index contributed by atoms with van der Waals surface area (Å²) in [5, 5.41) is 6.90. The number of allylic oxidation sites excluding steroid dienone is 1. The third kappa shape index (κ3) is 7.28. The summed E-state index contributed by atoms with van der Waals surface area (Å²) in [6, 6.07) is 7.85. The summed E-state index contributed by atoms with van der Waals surface area (Å²) >= 11 is 5.79. The van der Waals surface area contributed by atoms with Gasteiger partial charge in [0.15, 0.2) is 5.69 Å². The number of nitrogens with one attached hydrogen (secondary N) is 1. The number of rotatable bonds is 7. The zero-order valence-corrected chi connectivity index (χ0v) is 23.5. The molecule has 0 spiro atoms. The van der Waals surface area contributed by atoms with Crippen molar-refractivity contribution in [3.63, 3.8) is 0 Å². The Balaban J connectivity index is 1.55. The van der Waals surface area contributed by atoms with E-state index in [1.165, 1.54) is 35.9 Å². The maximum atomic E-state index is 14.4. The molecule has 3 N–H and O–H groups in total. The van der Waals surface area contributed by atoms with Crippen molar-refractivity contribution in [1.29, 1.82) is 0 Å². The van der Waals surface area contributed by atoms with Crippen LogP contribution in [0.1, 0.15) is 35.0 Å². The number of fused-ring (bicyclic) bond motifs is 1. The number of hydrogen-bond acceptors (Lipinski definition) is 5. The number of hydrogen-bond donors (Lipinski definition) is 2. The number of primary amides is 1. The van der Waals surface area contributed by atoms with Crippen molar-refractivity contribution >= 4 is 52.8 Å². The average Bonchev–Trinajstić information content (AvgIpc) is 3.54. The number of carbonyl (C=O) groups excluding carboxylic acids is 3. The zero-order chi connectivity index (χ0) is 31.3. The molecule has 1 aromatic heterocycles. The maximum Gasteiger partial charge on any atom is 0.269 e. The predicted octanol–water partition coefficient (Wildman–Crippen LogP) is 3.46. The molecule has 1 aliphatic rings. The lowest BCUT2D eigenvalue weighted by molar-refractivity contribution is -0.139. The van der Waals surface area contributed by atoms with E-state index < -0.39 is 48.1 Å². The van der Waals surface area contributed by atoms with Gasteiger partial charge in [0.2, 0.25) is 17.6 Å². The Morgan fingerprint density at radius 3 is 2.77 bits per heavy atom. The third-order valence-corrected chi connectivity index (χ3v) is 6.75. The molecular formula is C29H25ClF3N7O3. The number of nitrogens with two attached hydrogens (primary N) is 1. The van der Waals surface area contributed by atoms with Crippen LogP contribution in [0.3, 0.4) is 0 Å². The standard InChI is InChI=1S/C29H25ClF3N7O3/c1-16(31)12-36-24(35-2)9-7-17-6-8-22-20(10-17)27(28(34)42)38-40(22)15-25(41)39-14-19(32)11-23(39)29(43)37-13-18-4-3-5-21(30)26(18)33/h3-6,8,10,12,19,23H,2,11,13-15H2,1H3,(H2,34,42)(H,37,43)/b16-12+,36-24-/t19-,23+/m1/s1. The number of aliphatic imine (C=N–C) groups is 2. The van der Waals surface area contributed by atoms with Gasteiger partial charge in [-0.2, -0.15) is 5.10 Å². The monoisotopic (exact) mass is 611 g/mol. The highest BCUT2D eigenvalue weighted by Crippen LogP contribution is 2.24. The molecule has 1 saturated heterocycles. The van der Waals surface area contributed by atoms with Crippen LogP contribution in [0, 0.1) is 17.7 Å². The molecule has 2 atom stereocenters. The second kappa shape index (κ2) is 13.3. The lowest BCUT2D eigenvalue weighted by Gasteiger charge is -2.24. The molecule has 1 fully saturated rings. The number of alkyl halides is 1. The summed E-state index contributed by atoms with van der Waals surface area (Å²) in [6.45, 7) is 3.58. The van der Waals surface area contributed by atoms with Crippen molar-refractivity contribution in [3.05, 3.63) is 76.1 Å². The quantitative estimate of drug-likeness (QED) is 0.240. The lowest BCUT2D eigenvalue weighted by Crippen LogP contribution is -2.46. The van der Waals surface area contributed by atoms with E-state index in [2.05, 4.69) is 39.0 Å². The molecule has 0 radical (unpaired) electrons. The molecular weight excluding hydrogens is 587 g/mol. The molecule has 0 bridgehead atoms. The minimum atomic E-state index is -1.46. The number of amides is 3. The highest BCUT2D eigenvalue weighted by Gasteiger charge is 2.40. The van der Waals surface area contributed by atoms with Crippen molar-refractivity contribution in [1.82, 2.24) is 20.0 Å². The fourth-order valence-corrected chi connectivity index (χ4v) is 4.66. The molecule has 0 unspecified atom stereocenters. The van der Waals surface area contributed by atoms with Crippen LogP contribution in [-0.4, -0.2) is 63.7 Å². The van der Waals surface area contributed by atoms with E-state index in [-0.39, 0.29) is 41.6 Å². The molecule has 3 amide bonds. The van der Waals surface area contributed by atoms with Crippen LogP contribution in [-0.2, 0) is 22.7 Å². The molecule has 4 rings (SSSR count). The summed E-state index contributed by atoms with van der Waals surface area (Å²) in [6.07, 6.45) is -0.759. The van der Waals surface area contributed by atoms with Gasteiger partial charge in [0.25, 0.3) is 5.91 Å². The van der Waals surface area contributed by atoms with E-state index in [0.717, 1.165) is 11.1 Å². The smallest absolute Gasteiger partial charge is 0.269 e. The summed E-state index contributed by atoms with van der Waals surface area (Å²) in [4.78, 5) is 46.8. The van der Waals surface area contributed by atoms with Crippen LogP contribution >= 0.6 is 11.6 Å². The minimum Gasteiger partial charge on any atom is -0.364 e. The lowest BCUT2D eigenvalue weighted by atomic mass is 10.1. The molecule has 14 heteroatoms. The number of likely N-dealkylation sites (tertiary alicyclic amines) is 1. The molecule has 0 saturated carbocycles. The van der Waals surface area contributed by atoms with Gasteiger partial charge in [0, 0.05) is 29.5 Å². The number of nitrogens with zero attached hydrogens (tertiary/aromatic N) is 5. The van der Waals surface area contributed by atoms with Gasteiger partial charge >= 0.3 is 0 Å². The Hall–Kier alpha value is -4.96. The third-order valence-electron chi connectivity index (χ3n) is 6.46. The topological polar surface area (TPSA) is 135 Å². The largest absolute Gasteiger partial charge is 0.364 e.